The third-order valence-electron chi connectivity index (χ3n) is 13.8. The molecule has 2 aliphatic heterocycles. The molecule has 0 radical (unpaired) electrons. The molecule has 3 aliphatic rings. The van der Waals surface area contributed by atoms with Crippen LogP contribution in [0, 0.1) is 0 Å². The maximum atomic E-state index is 12.2. The summed E-state index contributed by atoms with van der Waals surface area (Å²) < 4.78 is 19.8. The highest BCUT2D eigenvalue weighted by Gasteiger charge is 2.48. The Kier molecular flexibility index (Phi) is 9.12. The van der Waals surface area contributed by atoms with Crippen LogP contribution in [-0.2, 0) is 0 Å². The molecule has 0 fully saturated rings. The van der Waals surface area contributed by atoms with Gasteiger partial charge in [0.05, 0.1) is 11.8 Å². The van der Waals surface area contributed by atoms with E-state index < -0.39 is 35.9 Å². The van der Waals surface area contributed by atoms with Crippen molar-refractivity contribution < 1.29 is 65.0 Å². The molecular weight excluding hydrogens is 881 g/mol. The van der Waals surface area contributed by atoms with E-state index in [9.17, 15) is 51.1 Å². The van der Waals surface area contributed by atoms with E-state index in [1.54, 1.807) is 66.7 Å². The van der Waals surface area contributed by atoms with Gasteiger partial charge < -0.3 is 65.0 Å². The van der Waals surface area contributed by atoms with Crippen molar-refractivity contribution in [2.75, 3.05) is 0 Å². The normalized spacial score (nSPS) is 19.8. The first-order valence-corrected chi connectivity index (χ1v) is 22.1. The number of phenolic OH excluding ortho intramolecular Hbond substituents is 10. The van der Waals surface area contributed by atoms with Crippen molar-refractivity contribution in [1.29, 1.82) is 0 Å². The van der Waals surface area contributed by atoms with Crippen LogP contribution in [0.1, 0.15) is 91.5 Å². The molecule has 13 heteroatoms. The fraction of sp³-hybridized carbons (Fsp3) is 0.107. The average molecular weight is 921 g/mol. The molecule has 1 aromatic heterocycles. The molecule has 9 aromatic rings. The van der Waals surface area contributed by atoms with E-state index in [1.165, 1.54) is 78.9 Å². The van der Waals surface area contributed by atoms with Crippen LogP contribution < -0.4 is 9.47 Å². The molecule has 0 unspecified atom stereocenters. The average Bonchev–Trinajstić information content (AvgIpc) is 4.02. The van der Waals surface area contributed by atoms with Crippen molar-refractivity contribution in [3.05, 3.63) is 201 Å². The first kappa shape index (κ1) is 41.3. The molecule has 10 N–H and O–H groups in total. The van der Waals surface area contributed by atoms with Crippen LogP contribution >= 0.6 is 0 Å². The smallest absolute Gasteiger partial charge is 0.176 e. The summed E-state index contributed by atoms with van der Waals surface area (Å²) in [4.78, 5) is 0. The molecule has 0 spiro atoms. The maximum absolute atomic E-state index is 12.2. The molecule has 12 rings (SSSR count). The van der Waals surface area contributed by atoms with E-state index in [4.69, 9.17) is 13.9 Å². The highest BCUT2D eigenvalue weighted by Crippen LogP contribution is 2.63. The SMILES string of the molecule is Oc1ccc([C@H]2c3c(O)cc(O)cc3[C@H]3c4c(cc(O)cc4[C@@H]2c2cc(-c4cc5c6c(cc(O)c5o4)O[C@H](c4ccc(O)cc4)[C@H]6c4cc(O)cc(O)c4)ccc2O)O[C@@H]3c2ccc(O)cc2)cc1. The van der Waals surface area contributed by atoms with E-state index in [-0.39, 0.29) is 68.8 Å². The van der Waals surface area contributed by atoms with Gasteiger partial charge in [0.1, 0.15) is 81.2 Å². The molecule has 0 amide bonds. The van der Waals surface area contributed by atoms with E-state index >= 15 is 0 Å². The summed E-state index contributed by atoms with van der Waals surface area (Å²) in [5, 5.41) is 111. The number of fused-ring (bicyclic) bond motifs is 5. The van der Waals surface area contributed by atoms with Gasteiger partial charge in [-0.1, -0.05) is 36.4 Å². The third-order valence-corrected chi connectivity index (χ3v) is 13.8. The number of hydrogen-bond acceptors (Lipinski definition) is 13. The van der Waals surface area contributed by atoms with Gasteiger partial charge in [0.25, 0.3) is 0 Å². The second kappa shape index (κ2) is 15.2. The Morgan fingerprint density at radius 3 is 1.48 bits per heavy atom. The second-order valence-corrected chi connectivity index (χ2v) is 17.9. The van der Waals surface area contributed by atoms with Crippen LogP contribution in [0.5, 0.6) is 69.0 Å². The summed E-state index contributed by atoms with van der Waals surface area (Å²) in [7, 11) is 0. The third kappa shape index (κ3) is 6.61. The van der Waals surface area contributed by atoms with Gasteiger partial charge in [0, 0.05) is 69.3 Å². The van der Waals surface area contributed by atoms with Crippen molar-refractivity contribution >= 4 is 11.0 Å². The molecule has 69 heavy (non-hydrogen) atoms. The summed E-state index contributed by atoms with van der Waals surface area (Å²) in [5.41, 5.74) is 6.03. The van der Waals surface area contributed by atoms with Crippen molar-refractivity contribution in [3.63, 3.8) is 0 Å². The number of hydrogen-bond donors (Lipinski definition) is 10. The summed E-state index contributed by atoms with van der Waals surface area (Å²) in [5.74, 6) is -3.43. The minimum atomic E-state index is -0.916. The highest BCUT2D eigenvalue weighted by molar-refractivity contribution is 5.94. The Morgan fingerprint density at radius 2 is 0.855 bits per heavy atom. The Balaban J connectivity index is 1.08. The number of furan rings is 1. The molecule has 3 heterocycles. The van der Waals surface area contributed by atoms with Crippen molar-refractivity contribution in [2.24, 2.45) is 0 Å². The van der Waals surface area contributed by atoms with Gasteiger partial charge in [0.15, 0.2) is 11.3 Å². The van der Waals surface area contributed by atoms with Crippen molar-refractivity contribution in [1.82, 2.24) is 0 Å². The van der Waals surface area contributed by atoms with Gasteiger partial charge in [0.2, 0.25) is 0 Å². The molecule has 8 aromatic carbocycles. The van der Waals surface area contributed by atoms with Crippen LogP contribution in [0.3, 0.4) is 0 Å². The van der Waals surface area contributed by atoms with Crippen LogP contribution in [-0.4, -0.2) is 51.1 Å². The predicted molar refractivity (Wildman–Crippen MR) is 251 cm³/mol. The lowest BCUT2D eigenvalue weighted by Crippen LogP contribution is -2.16. The highest BCUT2D eigenvalue weighted by atomic mass is 16.5. The first-order valence-electron chi connectivity index (χ1n) is 22.1. The standard InChI is InChI=1S/C56H40O13/c57-30-8-1-25(2-9-30)47-49(38-20-36(63)22-45-51(38)53(39-19-35(62)21-42(65)50(39)47)55(68-45)27-5-12-32(59)13-6-27)37-17-28(7-14-41(37)64)44-23-40-52-46(24-43(66)56(40)67-44)69-54(26-3-10-31(58)11-4-26)48(52)29-15-33(60)18-34(61)16-29/h1-24,47-49,53-55,57-66H/t47-,48+,49+,53+,54-,55-/m1/s1. The second-order valence-electron chi connectivity index (χ2n) is 17.9. The fourth-order valence-electron chi connectivity index (χ4n) is 11.0. The molecule has 0 bridgehead atoms. The largest absolute Gasteiger partial charge is 0.508 e. The number of aromatic hydroxyl groups is 10. The summed E-state index contributed by atoms with van der Waals surface area (Å²) in [6, 6.07) is 37.8. The Morgan fingerprint density at radius 1 is 0.319 bits per heavy atom. The zero-order valence-corrected chi connectivity index (χ0v) is 36.0. The predicted octanol–water partition coefficient (Wildman–Crippen LogP) is 11.0. The number of phenols is 10. The van der Waals surface area contributed by atoms with Gasteiger partial charge in [-0.2, -0.15) is 0 Å². The lowest BCUT2D eigenvalue weighted by molar-refractivity contribution is 0.221. The molecule has 13 nitrogen and oxygen atoms in total. The number of ether oxygens (including phenoxy) is 2. The van der Waals surface area contributed by atoms with Gasteiger partial charge in [-0.15, -0.1) is 0 Å². The van der Waals surface area contributed by atoms with Crippen LogP contribution in [0.25, 0.3) is 22.3 Å². The molecule has 342 valence electrons. The Bertz CT molecular complexity index is 3520. The van der Waals surface area contributed by atoms with Gasteiger partial charge in [-0.3, -0.25) is 0 Å². The van der Waals surface area contributed by atoms with Gasteiger partial charge >= 0.3 is 0 Å². The molecular formula is C56H40O13. The summed E-state index contributed by atoms with van der Waals surface area (Å²) in [6.07, 6.45) is -1.50. The summed E-state index contributed by atoms with van der Waals surface area (Å²) >= 11 is 0. The van der Waals surface area contributed by atoms with E-state index in [0.717, 1.165) is 0 Å². The molecule has 0 saturated carbocycles. The zero-order valence-electron chi connectivity index (χ0n) is 36.0. The lowest BCUT2D eigenvalue weighted by atomic mass is 9.72. The molecule has 1 aliphatic carbocycles. The molecule has 6 atom stereocenters. The Hall–Kier alpha value is -9.10. The first-order chi connectivity index (χ1) is 33.3. The number of rotatable bonds is 6. The maximum Gasteiger partial charge on any atom is 0.176 e. The topological polar surface area (TPSA) is 234 Å². The quantitative estimate of drug-likeness (QED) is 0.0748. The number of benzene rings is 8. The van der Waals surface area contributed by atoms with Crippen molar-refractivity contribution in [2.45, 2.75) is 35.9 Å². The summed E-state index contributed by atoms with van der Waals surface area (Å²) in [6.45, 7) is 0. The molecule has 0 saturated heterocycles. The van der Waals surface area contributed by atoms with Crippen molar-refractivity contribution in [3.8, 4) is 80.3 Å². The monoisotopic (exact) mass is 920 g/mol. The fourth-order valence-corrected chi connectivity index (χ4v) is 11.0. The lowest BCUT2D eigenvalue weighted by Gasteiger charge is -2.31. The Labute approximate surface area is 392 Å². The van der Waals surface area contributed by atoms with Crippen LogP contribution in [0.15, 0.2) is 150 Å². The van der Waals surface area contributed by atoms with Crippen LogP contribution in [0.2, 0.25) is 0 Å². The van der Waals surface area contributed by atoms with Gasteiger partial charge in [-0.05, 0) is 118 Å². The van der Waals surface area contributed by atoms with Crippen LogP contribution in [0.4, 0.5) is 0 Å². The minimum Gasteiger partial charge on any atom is -0.508 e. The van der Waals surface area contributed by atoms with E-state index in [0.29, 0.717) is 78.1 Å². The minimum absolute atomic E-state index is 0.00782. The van der Waals surface area contributed by atoms with Gasteiger partial charge in [-0.25, -0.2) is 0 Å². The van der Waals surface area contributed by atoms with E-state index in [1.807, 2.05) is 0 Å². The zero-order chi connectivity index (χ0) is 47.6. The van der Waals surface area contributed by atoms with E-state index in [2.05, 4.69) is 0 Å².